The van der Waals surface area contributed by atoms with Crippen molar-refractivity contribution in [1.82, 2.24) is 0 Å². The fourth-order valence-corrected chi connectivity index (χ4v) is 2.01. The van der Waals surface area contributed by atoms with Gasteiger partial charge in [0.1, 0.15) is 5.57 Å². The molecule has 0 unspecified atom stereocenters. The Bertz CT molecular complexity index is 313. The van der Waals surface area contributed by atoms with Gasteiger partial charge < -0.3 is 4.74 Å². The van der Waals surface area contributed by atoms with E-state index in [4.69, 9.17) is 4.74 Å². The van der Waals surface area contributed by atoms with Gasteiger partial charge in [0, 0.05) is 0 Å². The summed E-state index contributed by atoms with van der Waals surface area (Å²) in [5.41, 5.74) is 1.20. The molecule has 3 nitrogen and oxygen atoms in total. The van der Waals surface area contributed by atoms with Crippen molar-refractivity contribution >= 4 is 11.8 Å². The van der Waals surface area contributed by atoms with E-state index in [0.717, 1.165) is 18.4 Å². The summed E-state index contributed by atoms with van der Waals surface area (Å²) >= 11 is 0. The van der Waals surface area contributed by atoms with Crippen molar-refractivity contribution in [3.8, 4) is 0 Å². The number of ether oxygens (including phenoxy) is 1. The van der Waals surface area contributed by atoms with Crippen LogP contribution >= 0.6 is 0 Å². The highest BCUT2D eigenvalue weighted by Gasteiger charge is 2.22. The Morgan fingerprint density at radius 3 is 1.72 bits per heavy atom. The van der Waals surface area contributed by atoms with Gasteiger partial charge in [0.2, 0.25) is 0 Å². The summed E-state index contributed by atoms with van der Waals surface area (Å²) < 4.78 is 4.99. The van der Waals surface area contributed by atoms with Crippen LogP contribution in [-0.4, -0.2) is 18.4 Å². The molecule has 0 radical (unpaired) electrons. The number of esters is 1. The maximum absolute atomic E-state index is 11.9. The minimum absolute atomic E-state index is 0.190. The summed E-state index contributed by atoms with van der Waals surface area (Å²) in [4.78, 5) is 23.6. The molecule has 0 aromatic carbocycles. The second kappa shape index (κ2) is 8.06. The topological polar surface area (TPSA) is 43.4 Å². The summed E-state index contributed by atoms with van der Waals surface area (Å²) in [7, 11) is 0. The fourth-order valence-electron chi connectivity index (χ4n) is 2.01. The van der Waals surface area contributed by atoms with E-state index in [-0.39, 0.29) is 11.4 Å². The predicted molar refractivity (Wildman–Crippen MR) is 73.3 cm³/mol. The Labute approximate surface area is 111 Å². The second-order valence-corrected chi connectivity index (χ2v) is 5.45. The first kappa shape index (κ1) is 16.9. The highest BCUT2D eigenvalue weighted by molar-refractivity contribution is 6.17. The molecule has 0 bridgehead atoms. The minimum atomic E-state index is -0.471. The van der Waals surface area contributed by atoms with Crippen LogP contribution in [0.1, 0.15) is 54.4 Å². The number of ketones is 1. The molecule has 3 heteroatoms. The Morgan fingerprint density at radius 1 is 1.00 bits per heavy atom. The van der Waals surface area contributed by atoms with Gasteiger partial charge in [-0.2, -0.15) is 0 Å². The number of rotatable bonds is 7. The van der Waals surface area contributed by atoms with Crippen molar-refractivity contribution in [2.45, 2.75) is 54.4 Å². The van der Waals surface area contributed by atoms with Crippen LogP contribution in [0.25, 0.3) is 0 Å². The summed E-state index contributed by atoms with van der Waals surface area (Å²) in [6.07, 6.45) is 1.54. The highest BCUT2D eigenvalue weighted by Crippen LogP contribution is 2.24. The van der Waals surface area contributed by atoms with Crippen molar-refractivity contribution in [3.63, 3.8) is 0 Å². The fraction of sp³-hybridized carbons (Fsp3) is 0.733. The van der Waals surface area contributed by atoms with Crippen molar-refractivity contribution in [2.75, 3.05) is 6.61 Å². The lowest BCUT2D eigenvalue weighted by Crippen LogP contribution is -2.18. The molecule has 0 heterocycles. The first-order valence-corrected chi connectivity index (χ1v) is 6.69. The van der Waals surface area contributed by atoms with E-state index < -0.39 is 5.97 Å². The van der Waals surface area contributed by atoms with Gasteiger partial charge in [-0.1, -0.05) is 33.3 Å². The summed E-state index contributed by atoms with van der Waals surface area (Å²) in [6, 6.07) is 0. The van der Waals surface area contributed by atoms with Crippen LogP contribution in [0.2, 0.25) is 0 Å². The lowest BCUT2D eigenvalue weighted by Gasteiger charge is -2.16. The molecule has 0 spiro atoms. The van der Waals surface area contributed by atoms with Gasteiger partial charge in [-0.3, -0.25) is 4.79 Å². The SMILES string of the molecule is CCOC(=O)C(C(C)=O)=C(CC(C)C)CC(C)C. The van der Waals surface area contributed by atoms with E-state index in [1.54, 1.807) is 6.92 Å². The maximum atomic E-state index is 11.9. The van der Waals surface area contributed by atoms with Crippen molar-refractivity contribution in [2.24, 2.45) is 11.8 Å². The molecular weight excluding hydrogens is 228 g/mol. The monoisotopic (exact) mass is 254 g/mol. The second-order valence-electron chi connectivity index (χ2n) is 5.45. The predicted octanol–water partition coefficient (Wildman–Crippen LogP) is 3.53. The number of carbonyl (C=O) groups is 2. The van der Waals surface area contributed by atoms with Gasteiger partial charge in [-0.25, -0.2) is 4.79 Å². The normalized spacial score (nSPS) is 10.7. The van der Waals surface area contributed by atoms with Crippen LogP contribution in [-0.2, 0) is 14.3 Å². The quantitative estimate of drug-likeness (QED) is 0.302. The zero-order valence-electron chi connectivity index (χ0n) is 12.5. The molecule has 104 valence electrons. The highest BCUT2D eigenvalue weighted by atomic mass is 16.5. The van der Waals surface area contributed by atoms with Gasteiger partial charge in [-0.05, 0) is 38.5 Å². The van der Waals surface area contributed by atoms with Gasteiger partial charge in [0.15, 0.2) is 5.78 Å². The van der Waals surface area contributed by atoms with E-state index in [9.17, 15) is 9.59 Å². The molecule has 0 N–H and O–H groups in total. The van der Waals surface area contributed by atoms with E-state index >= 15 is 0 Å². The van der Waals surface area contributed by atoms with E-state index in [1.165, 1.54) is 6.92 Å². The number of allylic oxidation sites excluding steroid dienone is 1. The van der Waals surface area contributed by atoms with E-state index in [0.29, 0.717) is 18.4 Å². The summed E-state index contributed by atoms with van der Waals surface area (Å²) in [6.45, 7) is 11.8. The van der Waals surface area contributed by atoms with Crippen LogP contribution in [0.3, 0.4) is 0 Å². The Morgan fingerprint density at radius 2 is 1.44 bits per heavy atom. The van der Waals surface area contributed by atoms with Crippen molar-refractivity contribution < 1.29 is 14.3 Å². The van der Waals surface area contributed by atoms with Crippen molar-refractivity contribution in [1.29, 1.82) is 0 Å². The molecule has 0 saturated carbocycles. The molecule has 0 atom stereocenters. The largest absolute Gasteiger partial charge is 0.462 e. The molecule has 0 aliphatic heterocycles. The molecule has 0 aliphatic carbocycles. The summed E-state index contributed by atoms with van der Waals surface area (Å²) in [5.74, 6) is 0.177. The third kappa shape index (κ3) is 5.99. The zero-order chi connectivity index (χ0) is 14.3. The number of hydrogen-bond acceptors (Lipinski definition) is 3. The molecule has 18 heavy (non-hydrogen) atoms. The molecule has 0 aromatic heterocycles. The van der Waals surface area contributed by atoms with Crippen LogP contribution in [0.15, 0.2) is 11.1 Å². The molecular formula is C15H26O3. The Balaban J connectivity index is 5.39. The third-order valence-corrected chi connectivity index (χ3v) is 2.49. The molecule has 0 fully saturated rings. The first-order chi connectivity index (χ1) is 8.29. The van der Waals surface area contributed by atoms with Crippen LogP contribution in [0, 0.1) is 11.8 Å². The molecule has 0 rings (SSSR count). The summed E-state index contributed by atoms with van der Waals surface area (Å²) in [5, 5.41) is 0. The number of carbonyl (C=O) groups excluding carboxylic acids is 2. The lowest BCUT2D eigenvalue weighted by atomic mass is 9.90. The molecule has 0 saturated heterocycles. The zero-order valence-corrected chi connectivity index (χ0v) is 12.5. The van der Waals surface area contributed by atoms with Gasteiger partial charge in [0.25, 0.3) is 0 Å². The Hall–Kier alpha value is -1.12. The average molecular weight is 254 g/mol. The first-order valence-electron chi connectivity index (χ1n) is 6.69. The average Bonchev–Trinajstić information content (AvgIpc) is 2.14. The van der Waals surface area contributed by atoms with Crippen molar-refractivity contribution in [3.05, 3.63) is 11.1 Å². The van der Waals surface area contributed by atoms with Crippen LogP contribution < -0.4 is 0 Å². The Kier molecular flexibility index (Phi) is 7.56. The lowest BCUT2D eigenvalue weighted by molar-refractivity contribution is -0.139. The standard InChI is InChI=1S/C15H26O3/c1-7-18-15(17)14(12(6)16)13(8-10(2)3)9-11(4)5/h10-11H,7-9H2,1-6H3. The number of Topliss-reactive ketones (excluding diaryl/α,β-unsaturated/α-hetero) is 1. The third-order valence-electron chi connectivity index (χ3n) is 2.49. The van der Waals surface area contributed by atoms with Crippen LogP contribution in [0.4, 0.5) is 0 Å². The number of hydrogen-bond donors (Lipinski definition) is 0. The smallest absolute Gasteiger partial charge is 0.341 e. The van der Waals surface area contributed by atoms with Gasteiger partial charge >= 0.3 is 5.97 Å². The van der Waals surface area contributed by atoms with Gasteiger partial charge in [0.05, 0.1) is 6.61 Å². The minimum Gasteiger partial charge on any atom is -0.462 e. The van der Waals surface area contributed by atoms with E-state index in [2.05, 4.69) is 27.7 Å². The van der Waals surface area contributed by atoms with Gasteiger partial charge in [-0.15, -0.1) is 0 Å². The molecule has 0 amide bonds. The molecule has 0 aliphatic rings. The molecule has 0 aromatic rings. The van der Waals surface area contributed by atoms with E-state index in [1.807, 2.05) is 0 Å². The maximum Gasteiger partial charge on any atom is 0.341 e. The van der Waals surface area contributed by atoms with Crippen LogP contribution in [0.5, 0.6) is 0 Å².